The molecule has 8 nitrogen and oxygen atoms in total. The van der Waals surface area contributed by atoms with Crippen LogP contribution in [0.5, 0.6) is 0 Å². The lowest BCUT2D eigenvalue weighted by molar-refractivity contribution is 0.0442. The summed E-state index contributed by atoms with van der Waals surface area (Å²) in [5.74, 6) is 0.101. The monoisotopic (exact) mass is 357 g/mol. The van der Waals surface area contributed by atoms with Crippen molar-refractivity contribution >= 4 is 15.9 Å². The highest BCUT2D eigenvalue weighted by molar-refractivity contribution is 7.89. The Hall–Kier alpha value is -1.45. The van der Waals surface area contributed by atoms with E-state index < -0.39 is 10.0 Å². The minimum absolute atomic E-state index is 0.0326. The number of carbonyl (C=O) groups excluding carboxylic acids is 1. The van der Waals surface area contributed by atoms with Crippen molar-refractivity contribution in [3.63, 3.8) is 0 Å². The number of likely N-dealkylation sites (tertiary alicyclic amines) is 1. The van der Waals surface area contributed by atoms with E-state index in [9.17, 15) is 13.2 Å². The van der Waals surface area contributed by atoms with Gasteiger partial charge >= 0.3 is 0 Å². The molecule has 0 radical (unpaired) electrons. The van der Waals surface area contributed by atoms with Gasteiger partial charge in [0.2, 0.25) is 15.8 Å². The molecular formula is C15H23N3O5S. The first-order chi connectivity index (χ1) is 11.4. The number of carbonyl (C=O) groups is 1. The van der Waals surface area contributed by atoms with Gasteiger partial charge in [-0.15, -0.1) is 0 Å². The van der Waals surface area contributed by atoms with Crippen LogP contribution in [0.25, 0.3) is 0 Å². The predicted molar refractivity (Wildman–Crippen MR) is 86.0 cm³/mol. The second-order valence-electron chi connectivity index (χ2n) is 6.22. The van der Waals surface area contributed by atoms with Crippen LogP contribution in [0.1, 0.15) is 29.6 Å². The number of amides is 1. The summed E-state index contributed by atoms with van der Waals surface area (Å²) >= 11 is 0. The Labute approximate surface area is 141 Å². The normalized spacial score (nSPS) is 26.0. The highest BCUT2D eigenvalue weighted by Gasteiger charge is 2.41. The molecule has 0 aliphatic carbocycles. The van der Waals surface area contributed by atoms with Crippen molar-refractivity contribution < 1.29 is 22.4 Å². The van der Waals surface area contributed by atoms with Gasteiger partial charge in [0.1, 0.15) is 0 Å². The Bertz CT molecular complexity index is 702. The van der Waals surface area contributed by atoms with Crippen LogP contribution in [-0.2, 0) is 14.8 Å². The van der Waals surface area contributed by atoms with Crippen LogP contribution in [0.3, 0.4) is 0 Å². The zero-order valence-corrected chi connectivity index (χ0v) is 14.8. The van der Waals surface area contributed by atoms with Gasteiger partial charge in [0.25, 0.3) is 5.91 Å². The van der Waals surface area contributed by atoms with E-state index in [2.05, 4.69) is 4.98 Å². The highest BCUT2D eigenvalue weighted by Crippen LogP contribution is 2.28. The number of rotatable bonds is 3. The fraction of sp³-hybridized carbons (Fsp3) is 0.733. The fourth-order valence-electron chi connectivity index (χ4n) is 3.46. The lowest BCUT2D eigenvalue weighted by atomic mass is 9.92. The molecule has 0 N–H and O–H groups in total. The SMILES string of the molecule is CCS(=O)(=O)N1CCOC[C@H]2CN(C(=O)c3ocnc3C)CC[C@H]21. The molecule has 9 heteroatoms. The third-order valence-corrected chi connectivity index (χ3v) is 6.70. The number of ether oxygens (including phenoxy) is 1. The summed E-state index contributed by atoms with van der Waals surface area (Å²) in [6.45, 7) is 5.57. The molecule has 2 aliphatic rings. The minimum atomic E-state index is -3.28. The van der Waals surface area contributed by atoms with Gasteiger partial charge < -0.3 is 14.1 Å². The summed E-state index contributed by atoms with van der Waals surface area (Å²) in [4.78, 5) is 18.3. The van der Waals surface area contributed by atoms with Gasteiger partial charge in [-0.2, -0.15) is 4.31 Å². The molecule has 0 bridgehead atoms. The third kappa shape index (κ3) is 3.20. The van der Waals surface area contributed by atoms with Crippen molar-refractivity contribution in [2.45, 2.75) is 26.3 Å². The Morgan fingerprint density at radius 2 is 2.21 bits per heavy atom. The maximum atomic E-state index is 12.6. The van der Waals surface area contributed by atoms with E-state index >= 15 is 0 Å². The number of sulfonamides is 1. The molecule has 0 aromatic carbocycles. The van der Waals surface area contributed by atoms with E-state index in [1.807, 2.05) is 0 Å². The first-order valence-corrected chi connectivity index (χ1v) is 9.81. The van der Waals surface area contributed by atoms with Gasteiger partial charge in [0, 0.05) is 31.6 Å². The first-order valence-electron chi connectivity index (χ1n) is 8.20. The predicted octanol–water partition coefficient (Wildman–Crippen LogP) is 0.496. The van der Waals surface area contributed by atoms with Gasteiger partial charge in [-0.25, -0.2) is 13.4 Å². The number of nitrogens with zero attached hydrogens (tertiary/aromatic N) is 3. The van der Waals surface area contributed by atoms with Crippen molar-refractivity contribution in [2.75, 3.05) is 38.6 Å². The number of oxazole rings is 1. The zero-order chi connectivity index (χ0) is 17.3. The van der Waals surface area contributed by atoms with Crippen LogP contribution in [-0.4, -0.2) is 73.2 Å². The van der Waals surface area contributed by atoms with Crippen LogP contribution in [0.2, 0.25) is 0 Å². The maximum Gasteiger partial charge on any atom is 0.291 e. The smallest absolute Gasteiger partial charge is 0.291 e. The molecule has 0 spiro atoms. The van der Waals surface area contributed by atoms with Gasteiger partial charge in [-0.1, -0.05) is 0 Å². The van der Waals surface area contributed by atoms with Crippen LogP contribution < -0.4 is 0 Å². The number of aryl methyl sites for hydroxylation is 1. The Kier molecular flexibility index (Phi) is 4.93. The van der Waals surface area contributed by atoms with E-state index in [-0.39, 0.29) is 29.4 Å². The molecule has 1 aromatic heterocycles. The van der Waals surface area contributed by atoms with Crippen molar-refractivity contribution in [2.24, 2.45) is 5.92 Å². The number of piperidine rings is 1. The maximum absolute atomic E-state index is 12.6. The number of aromatic nitrogens is 1. The molecule has 1 amide bonds. The number of hydrogen-bond donors (Lipinski definition) is 0. The summed E-state index contributed by atoms with van der Waals surface area (Å²) in [5.41, 5.74) is 0.564. The quantitative estimate of drug-likeness (QED) is 0.782. The van der Waals surface area contributed by atoms with E-state index in [4.69, 9.17) is 9.15 Å². The topological polar surface area (TPSA) is 93.0 Å². The third-order valence-electron chi connectivity index (χ3n) is 4.80. The molecule has 2 fully saturated rings. The molecule has 3 heterocycles. The molecule has 24 heavy (non-hydrogen) atoms. The number of hydrogen-bond acceptors (Lipinski definition) is 6. The molecule has 2 saturated heterocycles. The molecule has 2 aliphatic heterocycles. The van der Waals surface area contributed by atoms with Crippen molar-refractivity contribution in [3.8, 4) is 0 Å². The molecule has 134 valence electrons. The van der Waals surface area contributed by atoms with Gasteiger partial charge in [-0.05, 0) is 20.3 Å². The van der Waals surface area contributed by atoms with Crippen molar-refractivity contribution in [3.05, 3.63) is 17.8 Å². The summed E-state index contributed by atoms with van der Waals surface area (Å²) in [5, 5.41) is 0. The molecular weight excluding hydrogens is 334 g/mol. The van der Waals surface area contributed by atoms with Gasteiger partial charge in [-0.3, -0.25) is 4.79 Å². The van der Waals surface area contributed by atoms with Crippen LogP contribution in [0.4, 0.5) is 0 Å². The molecule has 0 unspecified atom stereocenters. The van der Waals surface area contributed by atoms with E-state index in [0.717, 1.165) is 0 Å². The second-order valence-corrected chi connectivity index (χ2v) is 8.43. The van der Waals surface area contributed by atoms with Crippen LogP contribution in [0.15, 0.2) is 10.8 Å². The summed E-state index contributed by atoms with van der Waals surface area (Å²) in [6.07, 6.45) is 1.87. The average molecular weight is 357 g/mol. The van der Waals surface area contributed by atoms with Gasteiger partial charge in [0.05, 0.1) is 24.7 Å². The average Bonchev–Trinajstić information content (AvgIpc) is 2.88. The first kappa shape index (κ1) is 17.4. The molecule has 1 aromatic rings. The molecule has 3 rings (SSSR count). The number of fused-ring (bicyclic) bond motifs is 1. The largest absolute Gasteiger partial charge is 0.438 e. The fourth-order valence-corrected chi connectivity index (χ4v) is 4.84. The van der Waals surface area contributed by atoms with E-state index in [1.54, 1.807) is 23.1 Å². The van der Waals surface area contributed by atoms with Crippen molar-refractivity contribution in [1.29, 1.82) is 0 Å². The standard InChI is InChI=1S/C15H23N3O5S/c1-3-24(20,21)18-6-7-22-9-12-8-17(5-4-13(12)18)15(19)14-11(2)16-10-23-14/h10,12-13H,3-9H2,1-2H3/t12-,13-/m1/s1. The second kappa shape index (κ2) is 6.81. The molecule has 2 atom stereocenters. The lowest BCUT2D eigenvalue weighted by Gasteiger charge is -2.41. The minimum Gasteiger partial charge on any atom is -0.438 e. The van der Waals surface area contributed by atoms with Gasteiger partial charge in [0.15, 0.2) is 6.39 Å². The van der Waals surface area contributed by atoms with Crippen LogP contribution in [0, 0.1) is 12.8 Å². The molecule has 0 saturated carbocycles. The summed E-state index contributed by atoms with van der Waals surface area (Å²) in [6, 6.07) is -0.114. The van der Waals surface area contributed by atoms with Crippen molar-refractivity contribution in [1.82, 2.24) is 14.2 Å². The summed E-state index contributed by atoms with van der Waals surface area (Å²) in [7, 11) is -3.28. The summed E-state index contributed by atoms with van der Waals surface area (Å²) < 4.78 is 37.1. The van der Waals surface area contributed by atoms with E-state index in [1.165, 1.54) is 6.39 Å². The Morgan fingerprint density at radius 3 is 2.88 bits per heavy atom. The highest BCUT2D eigenvalue weighted by atomic mass is 32.2. The van der Waals surface area contributed by atoms with Crippen LogP contribution >= 0.6 is 0 Å². The Morgan fingerprint density at radius 1 is 1.42 bits per heavy atom. The zero-order valence-electron chi connectivity index (χ0n) is 14.0. The van der Waals surface area contributed by atoms with E-state index in [0.29, 0.717) is 45.0 Å². The Balaban J connectivity index is 1.78. The lowest BCUT2D eigenvalue weighted by Crippen LogP contribution is -2.54.